The van der Waals surface area contributed by atoms with Gasteiger partial charge in [-0.1, -0.05) is 64.5 Å². The number of nitrogens with two attached hydrogens (primary N) is 2. The van der Waals surface area contributed by atoms with Crippen molar-refractivity contribution in [3.05, 3.63) is 42.5 Å². The SMILES string of the molecule is CCCCCCN=C(N)Nc1ccc2cc3ccc(NC(N)=NCCCCCC)cc3nc2c1.Cl.Cl.O. The Morgan fingerprint density at radius 3 is 1.51 bits per heavy atom. The van der Waals surface area contributed by atoms with Gasteiger partial charge in [-0.3, -0.25) is 9.98 Å². The minimum Gasteiger partial charge on any atom is -0.412 e. The molecule has 0 radical (unpaired) electrons. The number of guanidine groups is 2. The van der Waals surface area contributed by atoms with Gasteiger partial charge in [0, 0.05) is 35.2 Å². The first-order chi connectivity index (χ1) is 16.6. The molecule has 10 heteroatoms. The zero-order chi connectivity index (χ0) is 24.2. The average Bonchev–Trinajstić information content (AvgIpc) is 2.82. The zero-order valence-corrected chi connectivity index (χ0v) is 23.6. The fourth-order valence-corrected chi connectivity index (χ4v) is 3.83. The van der Waals surface area contributed by atoms with Gasteiger partial charge >= 0.3 is 0 Å². The van der Waals surface area contributed by atoms with Crippen LogP contribution < -0.4 is 22.1 Å². The van der Waals surface area contributed by atoms with Gasteiger partial charge in [-0.2, -0.15) is 0 Å². The molecule has 1 heterocycles. The third-order valence-corrected chi connectivity index (χ3v) is 5.75. The van der Waals surface area contributed by atoms with E-state index in [0.717, 1.165) is 59.1 Å². The third-order valence-electron chi connectivity index (χ3n) is 5.75. The molecule has 0 bridgehead atoms. The predicted octanol–water partition coefficient (Wildman–Crippen LogP) is 6.02. The highest BCUT2D eigenvalue weighted by atomic mass is 35.5. The van der Waals surface area contributed by atoms with Crippen molar-refractivity contribution in [3.8, 4) is 0 Å². The smallest absolute Gasteiger partial charge is 0.193 e. The number of fused-ring (bicyclic) bond motifs is 2. The topological polar surface area (TPSA) is 145 Å². The van der Waals surface area contributed by atoms with Crippen LogP contribution in [0.5, 0.6) is 0 Å². The van der Waals surface area contributed by atoms with E-state index in [-0.39, 0.29) is 30.3 Å². The molecule has 1 aromatic heterocycles. The number of hydrogen-bond donors (Lipinski definition) is 4. The summed E-state index contributed by atoms with van der Waals surface area (Å²) in [6.07, 6.45) is 9.41. The van der Waals surface area contributed by atoms with E-state index < -0.39 is 0 Å². The number of anilines is 2. The molecule has 0 aliphatic carbocycles. The maximum atomic E-state index is 6.07. The molecule has 0 saturated heterocycles. The van der Waals surface area contributed by atoms with E-state index in [4.69, 9.17) is 16.5 Å². The standard InChI is InChI=1S/C27H39N7.2ClH.H2O/c1-3-5-7-9-15-30-26(28)32-22-13-11-20-17-21-12-14-23(19-25(21)34-24(20)18-22)33-27(29)31-16-10-8-6-4-2;;;/h11-14,17-19H,3-10,15-16H2,1-2H3,(H3,28,30,32)(H3,29,31,33);2*1H;1H2. The molecule has 2 aromatic carbocycles. The van der Waals surface area contributed by atoms with E-state index in [0.29, 0.717) is 11.9 Å². The molecule has 0 saturated carbocycles. The highest BCUT2D eigenvalue weighted by molar-refractivity contribution is 5.99. The van der Waals surface area contributed by atoms with Crippen LogP contribution in [0.4, 0.5) is 11.4 Å². The molecule has 0 fully saturated rings. The molecule has 0 amide bonds. The van der Waals surface area contributed by atoms with Crippen LogP contribution in [0.3, 0.4) is 0 Å². The number of halogens is 2. The number of hydrogen-bond acceptors (Lipinski definition) is 3. The van der Waals surface area contributed by atoms with Gasteiger partial charge in [0.2, 0.25) is 0 Å². The fraction of sp³-hybridized carbons (Fsp3) is 0.444. The number of rotatable bonds is 12. The van der Waals surface area contributed by atoms with Crippen molar-refractivity contribution in [2.45, 2.75) is 65.2 Å². The first-order valence-corrected chi connectivity index (χ1v) is 12.6. The quantitative estimate of drug-likeness (QED) is 0.0939. The Bertz CT molecular complexity index is 1050. The summed E-state index contributed by atoms with van der Waals surface area (Å²) in [6, 6.07) is 14.2. The van der Waals surface area contributed by atoms with Crippen molar-refractivity contribution in [2.75, 3.05) is 23.7 Å². The van der Waals surface area contributed by atoms with Crippen LogP contribution in [0.25, 0.3) is 21.8 Å². The number of aromatic nitrogens is 1. The maximum Gasteiger partial charge on any atom is 0.193 e. The van der Waals surface area contributed by atoms with Gasteiger partial charge in [-0.15, -0.1) is 24.8 Å². The lowest BCUT2D eigenvalue weighted by Gasteiger charge is -2.09. The van der Waals surface area contributed by atoms with Crippen LogP contribution in [-0.4, -0.2) is 35.5 Å². The second-order valence-electron chi connectivity index (χ2n) is 8.71. The van der Waals surface area contributed by atoms with Gasteiger partial charge in [0.05, 0.1) is 11.0 Å². The molecule has 3 aromatic rings. The maximum absolute atomic E-state index is 6.07. The lowest BCUT2D eigenvalue weighted by Crippen LogP contribution is -2.22. The minimum absolute atomic E-state index is 0. The Morgan fingerprint density at radius 1 is 0.676 bits per heavy atom. The van der Waals surface area contributed by atoms with Crippen LogP contribution in [0.2, 0.25) is 0 Å². The predicted molar refractivity (Wildman–Crippen MR) is 166 cm³/mol. The highest BCUT2D eigenvalue weighted by Crippen LogP contribution is 2.24. The number of aliphatic imine (C=N–C) groups is 2. The fourth-order valence-electron chi connectivity index (χ4n) is 3.83. The second-order valence-corrected chi connectivity index (χ2v) is 8.71. The Balaban J connectivity index is 0.00000432. The summed E-state index contributed by atoms with van der Waals surface area (Å²) in [5, 5.41) is 8.51. The van der Waals surface area contributed by atoms with Crippen molar-refractivity contribution in [1.29, 1.82) is 0 Å². The third kappa shape index (κ3) is 11.4. The Kier molecular flexibility index (Phi) is 17.0. The molecule has 3 rings (SSSR count). The highest BCUT2D eigenvalue weighted by Gasteiger charge is 2.05. The summed E-state index contributed by atoms with van der Waals surface area (Å²) in [7, 11) is 0. The summed E-state index contributed by atoms with van der Waals surface area (Å²) in [5.41, 5.74) is 15.7. The number of unbranched alkanes of at least 4 members (excludes halogenated alkanes) is 6. The van der Waals surface area contributed by atoms with Crippen LogP contribution >= 0.6 is 24.8 Å². The molecule has 0 unspecified atom stereocenters. The molecule has 8 nitrogen and oxygen atoms in total. The van der Waals surface area contributed by atoms with Crippen LogP contribution in [0, 0.1) is 0 Å². The number of pyridine rings is 1. The van der Waals surface area contributed by atoms with E-state index >= 15 is 0 Å². The van der Waals surface area contributed by atoms with E-state index in [2.05, 4.69) is 40.5 Å². The monoisotopic (exact) mass is 551 g/mol. The number of nitrogens with one attached hydrogen (secondary N) is 2. The summed E-state index contributed by atoms with van der Waals surface area (Å²) in [6.45, 7) is 5.90. The van der Waals surface area contributed by atoms with Gasteiger partial charge in [-0.05, 0) is 43.2 Å². The average molecular weight is 553 g/mol. The van der Waals surface area contributed by atoms with Gasteiger partial charge in [-0.25, -0.2) is 4.98 Å². The largest absolute Gasteiger partial charge is 0.412 e. The Labute approximate surface area is 232 Å². The molecule has 0 atom stereocenters. The van der Waals surface area contributed by atoms with Gasteiger partial charge < -0.3 is 27.6 Å². The van der Waals surface area contributed by atoms with Crippen molar-refractivity contribution >= 4 is 69.9 Å². The number of nitrogens with zero attached hydrogens (tertiary/aromatic N) is 3. The summed E-state index contributed by atoms with van der Waals surface area (Å²) >= 11 is 0. The molecule has 8 N–H and O–H groups in total. The molecule has 206 valence electrons. The lowest BCUT2D eigenvalue weighted by molar-refractivity contribution is 0.675. The van der Waals surface area contributed by atoms with Gasteiger partial charge in [0.15, 0.2) is 11.9 Å². The van der Waals surface area contributed by atoms with Gasteiger partial charge in [0.25, 0.3) is 0 Å². The second kappa shape index (κ2) is 18.4. The first-order valence-electron chi connectivity index (χ1n) is 12.6. The summed E-state index contributed by atoms with van der Waals surface area (Å²) in [5.74, 6) is 0.875. The van der Waals surface area contributed by atoms with Crippen LogP contribution in [0.15, 0.2) is 52.4 Å². The molecular weight excluding hydrogens is 509 g/mol. The van der Waals surface area contributed by atoms with E-state index in [9.17, 15) is 0 Å². The van der Waals surface area contributed by atoms with Crippen LogP contribution in [-0.2, 0) is 0 Å². The summed E-state index contributed by atoms with van der Waals surface area (Å²) in [4.78, 5) is 13.7. The van der Waals surface area contributed by atoms with E-state index in [1.165, 1.54) is 38.5 Å². The lowest BCUT2D eigenvalue weighted by atomic mass is 10.1. The molecule has 0 aliphatic rings. The minimum atomic E-state index is 0. The van der Waals surface area contributed by atoms with Crippen molar-refractivity contribution in [2.24, 2.45) is 21.5 Å². The molecular formula is C27H43Cl2N7O. The first kappa shape index (κ1) is 34.2. The van der Waals surface area contributed by atoms with Gasteiger partial charge in [0.1, 0.15) is 0 Å². The number of benzene rings is 2. The molecule has 37 heavy (non-hydrogen) atoms. The molecule has 0 spiro atoms. The normalized spacial score (nSPS) is 11.4. The van der Waals surface area contributed by atoms with E-state index in [1.54, 1.807) is 0 Å². The van der Waals surface area contributed by atoms with E-state index in [1.807, 2.05) is 36.4 Å². The Hall–Kier alpha value is -2.81. The Morgan fingerprint density at radius 2 is 1.11 bits per heavy atom. The van der Waals surface area contributed by atoms with Crippen molar-refractivity contribution in [1.82, 2.24) is 4.98 Å². The van der Waals surface area contributed by atoms with Crippen molar-refractivity contribution < 1.29 is 5.48 Å². The summed E-state index contributed by atoms with van der Waals surface area (Å²) < 4.78 is 0. The van der Waals surface area contributed by atoms with Crippen LogP contribution in [0.1, 0.15) is 65.2 Å². The molecule has 0 aliphatic heterocycles. The van der Waals surface area contributed by atoms with Crippen molar-refractivity contribution in [3.63, 3.8) is 0 Å². The zero-order valence-electron chi connectivity index (χ0n) is 21.9.